The monoisotopic (exact) mass is 474 g/mol. The Kier molecular flexibility index (Phi) is 5.71. The molecule has 2 aliphatic heterocycles. The van der Waals surface area contributed by atoms with Crippen LogP contribution >= 0.6 is 0 Å². The first-order chi connectivity index (χ1) is 16.7. The molecule has 1 unspecified atom stereocenters. The molecule has 3 aromatic heterocycles. The molecule has 2 fully saturated rings. The number of amides is 1. The minimum atomic E-state index is -0.526. The number of nitrogens with zero attached hydrogens (tertiary/aromatic N) is 8. The molecule has 0 aromatic carbocycles. The van der Waals surface area contributed by atoms with Crippen LogP contribution in [0.1, 0.15) is 39.7 Å². The van der Waals surface area contributed by atoms with Gasteiger partial charge in [-0.3, -0.25) is 4.57 Å². The van der Waals surface area contributed by atoms with E-state index in [2.05, 4.69) is 32.8 Å². The van der Waals surface area contributed by atoms with E-state index in [9.17, 15) is 10.1 Å². The van der Waals surface area contributed by atoms with Gasteiger partial charge in [0.15, 0.2) is 5.65 Å². The van der Waals surface area contributed by atoms with Crippen LogP contribution in [0.25, 0.3) is 16.9 Å². The zero-order valence-corrected chi connectivity index (χ0v) is 20.6. The lowest BCUT2D eigenvalue weighted by atomic mass is 10.1. The fourth-order valence-corrected chi connectivity index (χ4v) is 4.60. The fraction of sp³-hybridized carbons (Fsp3) is 0.480. The number of nitriles is 1. The third-order valence-electron chi connectivity index (χ3n) is 6.41. The highest BCUT2D eigenvalue weighted by Crippen LogP contribution is 2.38. The minimum Gasteiger partial charge on any atom is -0.444 e. The van der Waals surface area contributed by atoms with Gasteiger partial charge in [-0.05, 0) is 46.2 Å². The first-order valence-corrected chi connectivity index (χ1v) is 12.0. The van der Waals surface area contributed by atoms with Crippen molar-refractivity contribution in [3.63, 3.8) is 0 Å². The minimum absolute atomic E-state index is 0.0435. The Hall–Kier alpha value is -3.87. The fourth-order valence-electron chi connectivity index (χ4n) is 4.60. The van der Waals surface area contributed by atoms with Gasteiger partial charge in [0.05, 0.1) is 22.7 Å². The van der Waals surface area contributed by atoms with Crippen molar-refractivity contribution in [2.24, 2.45) is 0 Å². The Morgan fingerprint density at radius 3 is 2.63 bits per heavy atom. The summed E-state index contributed by atoms with van der Waals surface area (Å²) in [7, 11) is 0. The molecule has 3 aromatic rings. The van der Waals surface area contributed by atoms with Crippen LogP contribution in [0.15, 0.2) is 30.9 Å². The summed E-state index contributed by atoms with van der Waals surface area (Å²) in [6, 6.07) is 5.69. The predicted octanol–water partition coefficient (Wildman–Crippen LogP) is 3.34. The first kappa shape index (κ1) is 22.9. The van der Waals surface area contributed by atoms with E-state index in [0.717, 1.165) is 42.0 Å². The van der Waals surface area contributed by atoms with Gasteiger partial charge in [-0.2, -0.15) is 5.26 Å². The van der Waals surface area contributed by atoms with Crippen LogP contribution in [-0.4, -0.2) is 74.9 Å². The van der Waals surface area contributed by atoms with Crippen molar-refractivity contribution in [1.29, 1.82) is 5.26 Å². The lowest BCUT2D eigenvalue weighted by Crippen LogP contribution is -2.55. The van der Waals surface area contributed by atoms with E-state index >= 15 is 0 Å². The topological polar surface area (TPSA) is 103 Å². The van der Waals surface area contributed by atoms with Gasteiger partial charge in [-0.1, -0.05) is 0 Å². The second-order valence-corrected chi connectivity index (χ2v) is 10.1. The second kappa shape index (κ2) is 8.73. The summed E-state index contributed by atoms with van der Waals surface area (Å²) >= 11 is 0. The van der Waals surface area contributed by atoms with Gasteiger partial charge < -0.3 is 19.4 Å². The number of aromatic nitrogens is 4. The zero-order chi connectivity index (χ0) is 24.7. The van der Waals surface area contributed by atoms with Crippen molar-refractivity contribution < 1.29 is 9.53 Å². The molecule has 5 rings (SSSR count). The molecule has 0 bridgehead atoms. The predicted molar refractivity (Wildman–Crippen MR) is 133 cm³/mol. The van der Waals surface area contributed by atoms with Crippen LogP contribution in [0.5, 0.6) is 0 Å². The summed E-state index contributed by atoms with van der Waals surface area (Å²) < 4.78 is 7.52. The third kappa shape index (κ3) is 4.34. The van der Waals surface area contributed by atoms with Gasteiger partial charge in [-0.25, -0.2) is 19.7 Å². The van der Waals surface area contributed by atoms with Crippen LogP contribution < -0.4 is 9.80 Å². The van der Waals surface area contributed by atoms with Gasteiger partial charge >= 0.3 is 6.09 Å². The molecule has 1 atom stereocenters. The third-order valence-corrected chi connectivity index (χ3v) is 6.41. The van der Waals surface area contributed by atoms with Crippen LogP contribution in [0.4, 0.5) is 16.3 Å². The molecular formula is C25H30N8O2. The average Bonchev–Trinajstić information content (AvgIpc) is 3.16. The maximum absolute atomic E-state index is 12.6. The Bertz CT molecular complexity index is 1300. The Morgan fingerprint density at radius 2 is 1.97 bits per heavy atom. The summed E-state index contributed by atoms with van der Waals surface area (Å²) in [6.07, 6.45) is 6.13. The van der Waals surface area contributed by atoms with E-state index in [-0.39, 0.29) is 12.1 Å². The molecule has 2 saturated heterocycles. The van der Waals surface area contributed by atoms with Crippen molar-refractivity contribution in [3.8, 4) is 11.9 Å². The van der Waals surface area contributed by atoms with E-state index in [0.29, 0.717) is 31.0 Å². The number of pyridine rings is 1. The Balaban J connectivity index is 1.52. The number of hydrogen-bond donors (Lipinski definition) is 0. The van der Waals surface area contributed by atoms with Crippen LogP contribution in [0.2, 0.25) is 0 Å². The highest BCUT2D eigenvalue weighted by molar-refractivity contribution is 6.01. The molecule has 2 aliphatic rings. The number of rotatable bonds is 3. The maximum atomic E-state index is 12.6. The number of hydrogen-bond acceptors (Lipinski definition) is 8. The van der Waals surface area contributed by atoms with Crippen molar-refractivity contribution >= 4 is 28.6 Å². The van der Waals surface area contributed by atoms with Crippen molar-refractivity contribution in [2.45, 2.75) is 45.8 Å². The molecule has 182 valence electrons. The molecule has 0 N–H and O–H groups in total. The number of piperazine rings is 1. The smallest absolute Gasteiger partial charge is 0.410 e. The lowest BCUT2D eigenvalue weighted by molar-refractivity contribution is 0.0218. The SMILES string of the molecule is CC1CN(C(=O)OC(C)(C)C)CCN1c1ncnc2c1c(N1CCC1)cn2-c1cc(C#N)ccn1. The van der Waals surface area contributed by atoms with Crippen molar-refractivity contribution in [1.82, 2.24) is 24.4 Å². The second-order valence-electron chi connectivity index (χ2n) is 10.1. The van der Waals surface area contributed by atoms with Gasteiger partial charge in [-0.15, -0.1) is 0 Å². The van der Waals surface area contributed by atoms with Crippen molar-refractivity contribution in [3.05, 3.63) is 36.4 Å². The van der Waals surface area contributed by atoms with Gasteiger partial charge in [0.25, 0.3) is 0 Å². The highest BCUT2D eigenvalue weighted by Gasteiger charge is 2.33. The summed E-state index contributed by atoms with van der Waals surface area (Å²) in [5, 5.41) is 10.3. The molecule has 35 heavy (non-hydrogen) atoms. The largest absolute Gasteiger partial charge is 0.444 e. The van der Waals surface area contributed by atoms with E-state index in [1.54, 1.807) is 29.6 Å². The highest BCUT2D eigenvalue weighted by atomic mass is 16.6. The zero-order valence-electron chi connectivity index (χ0n) is 20.6. The van der Waals surface area contributed by atoms with Gasteiger partial charge in [0.2, 0.25) is 0 Å². The molecule has 10 nitrogen and oxygen atoms in total. The molecule has 0 spiro atoms. The standard InChI is InChI=1S/C25H30N8O2/c1-17-14-31(24(34)35-25(2,3)4)10-11-32(17)22-21-19(30-8-5-9-30)15-33(23(21)29-16-28-22)20-12-18(13-26)6-7-27-20/h6-7,12,15-17H,5,8-11,14H2,1-4H3. The summed E-state index contributed by atoms with van der Waals surface area (Å²) in [5.74, 6) is 1.50. The summed E-state index contributed by atoms with van der Waals surface area (Å²) in [4.78, 5) is 32.8. The van der Waals surface area contributed by atoms with Crippen LogP contribution in [0.3, 0.4) is 0 Å². The van der Waals surface area contributed by atoms with Crippen LogP contribution in [-0.2, 0) is 4.74 Å². The Labute approximate surface area is 204 Å². The van der Waals surface area contributed by atoms with E-state index in [1.807, 2.05) is 31.5 Å². The van der Waals surface area contributed by atoms with Crippen LogP contribution in [0, 0.1) is 11.3 Å². The van der Waals surface area contributed by atoms with Crippen molar-refractivity contribution in [2.75, 3.05) is 42.5 Å². The number of carbonyl (C=O) groups excluding carboxylic acids is 1. The summed E-state index contributed by atoms with van der Waals surface area (Å²) in [6.45, 7) is 11.4. The van der Waals surface area contributed by atoms with E-state index in [1.165, 1.54) is 0 Å². The number of anilines is 2. The molecule has 1 amide bonds. The first-order valence-electron chi connectivity index (χ1n) is 12.0. The Morgan fingerprint density at radius 1 is 1.17 bits per heavy atom. The average molecular weight is 475 g/mol. The van der Waals surface area contributed by atoms with Gasteiger partial charge in [0, 0.05) is 51.2 Å². The molecule has 0 saturated carbocycles. The number of fused-ring (bicyclic) bond motifs is 1. The quantitative estimate of drug-likeness (QED) is 0.569. The molecule has 0 aliphatic carbocycles. The summed E-state index contributed by atoms with van der Waals surface area (Å²) in [5.41, 5.74) is 1.83. The normalized spacial score (nSPS) is 18.4. The number of carbonyl (C=O) groups is 1. The van der Waals surface area contributed by atoms with E-state index < -0.39 is 5.60 Å². The molecule has 5 heterocycles. The van der Waals surface area contributed by atoms with E-state index in [4.69, 9.17) is 9.72 Å². The lowest BCUT2D eigenvalue weighted by Gasteiger charge is -2.41. The maximum Gasteiger partial charge on any atom is 0.410 e. The molecule has 0 radical (unpaired) electrons. The molecule has 10 heteroatoms. The molecular weight excluding hydrogens is 444 g/mol. The van der Waals surface area contributed by atoms with Gasteiger partial charge in [0.1, 0.15) is 23.6 Å². The number of ether oxygens (including phenoxy) is 1.